The number of nitrogens with zero attached hydrogens (tertiary/aromatic N) is 1. The molecular formula is C24H25NOS. The number of carbonyl (C=O) groups excluding carboxylic acids is 1. The van der Waals surface area contributed by atoms with E-state index in [1.165, 1.54) is 27.8 Å². The second-order valence-corrected chi connectivity index (χ2v) is 8.34. The summed E-state index contributed by atoms with van der Waals surface area (Å²) < 4.78 is 0. The number of benzene rings is 2. The minimum absolute atomic E-state index is 0.148. The Bertz CT molecular complexity index is 988. The lowest BCUT2D eigenvalue weighted by Gasteiger charge is -2.27. The average Bonchev–Trinajstić information content (AvgIpc) is 3.32. The van der Waals surface area contributed by atoms with Gasteiger partial charge in [-0.25, -0.2) is 0 Å². The molecule has 0 radical (unpaired) electrons. The van der Waals surface area contributed by atoms with Gasteiger partial charge in [-0.1, -0.05) is 42.5 Å². The van der Waals surface area contributed by atoms with Gasteiger partial charge in [0.05, 0.1) is 10.9 Å². The Balaban J connectivity index is 1.76. The molecular weight excluding hydrogens is 350 g/mol. The van der Waals surface area contributed by atoms with Crippen LogP contribution in [0.4, 0.5) is 0 Å². The third-order valence-electron chi connectivity index (χ3n) is 5.78. The van der Waals surface area contributed by atoms with Gasteiger partial charge in [0.25, 0.3) is 5.91 Å². The lowest BCUT2D eigenvalue weighted by molar-refractivity contribution is 0.0740. The lowest BCUT2D eigenvalue weighted by atomic mass is 9.90. The van der Waals surface area contributed by atoms with E-state index in [9.17, 15) is 4.79 Å². The highest BCUT2D eigenvalue weighted by atomic mass is 32.1. The average molecular weight is 376 g/mol. The predicted octanol–water partition coefficient (Wildman–Crippen LogP) is 6.32. The van der Waals surface area contributed by atoms with E-state index in [0.717, 1.165) is 29.8 Å². The van der Waals surface area contributed by atoms with Gasteiger partial charge in [-0.2, -0.15) is 0 Å². The van der Waals surface area contributed by atoms with Crippen molar-refractivity contribution in [3.05, 3.63) is 81.0 Å². The summed E-state index contributed by atoms with van der Waals surface area (Å²) in [4.78, 5) is 16.2. The fraction of sp³-hybridized carbons (Fsp3) is 0.292. The van der Waals surface area contributed by atoms with Crippen molar-refractivity contribution in [2.45, 2.75) is 39.7 Å². The van der Waals surface area contributed by atoms with Crippen molar-refractivity contribution in [1.29, 1.82) is 0 Å². The van der Waals surface area contributed by atoms with Crippen LogP contribution in [0.15, 0.2) is 53.9 Å². The van der Waals surface area contributed by atoms with E-state index in [0.29, 0.717) is 0 Å². The Morgan fingerprint density at radius 2 is 1.74 bits per heavy atom. The Labute approximate surface area is 165 Å². The van der Waals surface area contributed by atoms with Gasteiger partial charge in [0.1, 0.15) is 0 Å². The number of likely N-dealkylation sites (tertiary alicyclic amines) is 1. The minimum Gasteiger partial charge on any atom is -0.331 e. The Morgan fingerprint density at radius 3 is 2.52 bits per heavy atom. The van der Waals surface area contributed by atoms with Crippen LogP contribution >= 0.6 is 11.3 Å². The lowest BCUT2D eigenvalue weighted by Crippen LogP contribution is -2.30. The van der Waals surface area contributed by atoms with Crippen LogP contribution in [0.3, 0.4) is 0 Å². The highest BCUT2D eigenvalue weighted by Crippen LogP contribution is 2.40. The van der Waals surface area contributed by atoms with Gasteiger partial charge in [-0.05, 0) is 78.4 Å². The number of hydrogen-bond donors (Lipinski definition) is 0. The minimum atomic E-state index is 0.148. The summed E-state index contributed by atoms with van der Waals surface area (Å²) in [5.74, 6) is 0.181. The first kappa shape index (κ1) is 18.0. The molecule has 1 aliphatic heterocycles. The Kier molecular flexibility index (Phi) is 4.88. The quantitative estimate of drug-likeness (QED) is 0.525. The van der Waals surface area contributed by atoms with Gasteiger partial charge < -0.3 is 4.90 Å². The molecule has 1 aromatic heterocycles. The Morgan fingerprint density at radius 1 is 0.963 bits per heavy atom. The molecule has 1 saturated heterocycles. The highest BCUT2D eigenvalue weighted by molar-refractivity contribution is 7.12. The SMILES string of the molecule is Cc1ccsc1C(=O)N1CCC[C@H]1c1ccccc1-c1cccc(C)c1C. The van der Waals surface area contributed by atoms with Gasteiger partial charge in [0, 0.05) is 6.54 Å². The molecule has 1 aliphatic rings. The first-order chi connectivity index (χ1) is 13.1. The van der Waals surface area contributed by atoms with Crippen molar-refractivity contribution in [2.24, 2.45) is 0 Å². The van der Waals surface area contributed by atoms with E-state index in [-0.39, 0.29) is 11.9 Å². The molecule has 2 aromatic carbocycles. The molecule has 0 N–H and O–H groups in total. The fourth-order valence-corrected chi connectivity index (χ4v) is 5.01. The van der Waals surface area contributed by atoms with E-state index in [1.807, 2.05) is 18.4 Å². The van der Waals surface area contributed by atoms with Crippen LogP contribution in [0.25, 0.3) is 11.1 Å². The summed E-state index contributed by atoms with van der Waals surface area (Å²) in [7, 11) is 0. The van der Waals surface area contributed by atoms with Crippen molar-refractivity contribution in [2.75, 3.05) is 6.54 Å². The largest absolute Gasteiger partial charge is 0.331 e. The summed E-state index contributed by atoms with van der Waals surface area (Å²) in [5.41, 5.74) is 7.50. The number of aryl methyl sites for hydroxylation is 2. The van der Waals surface area contributed by atoms with Gasteiger partial charge in [-0.3, -0.25) is 4.79 Å². The van der Waals surface area contributed by atoms with E-state index < -0.39 is 0 Å². The molecule has 0 spiro atoms. The molecule has 2 heterocycles. The maximum atomic E-state index is 13.2. The zero-order chi connectivity index (χ0) is 19.0. The van der Waals surface area contributed by atoms with Crippen LogP contribution in [0.5, 0.6) is 0 Å². The number of hydrogen-bond acceptors (Lipinski definition) is 2. The van der Waals surface area contributed by atoms with Crippen LogP contribution in [0.2, 0.25) is 0 Å². The smallest absolute Gasteiger partial charge is 0.264 e. The van der Waals surface area contributed by atoms with E-state index in [4.69, 9.17) is 0 Å². The summed E-state index contributed by atoms with van der Waals surface area (Å²) >= 11 is 1.56. The van der Waals surface area contributed by atoms with E-state index in [2.05, 4.69) is 61.2 Å². The standard InChI is InChI=1S/C24H25NOS/c1-16-8-6-11-19(18(16)3)20-9-4-5-10-21(20)22-12-7-14-25(22)24(26)23-17(2)13-15-27-23/h4-6,8-11,13,15,22H,7,12,14H2,1-3H3/t22-/m0/s1. The molecule has 1 amide bonds. The van der Waals surface area contributed by atoms with Crippen molar-refractivity contribution >= 4 is 17.2 Å². The van der Waals surface area contributed by atoms with Gasteiger partial charge >= 0.3 is 0 Å². The van der Waals surface area contributed by atoms with Crippen LogP contribution < -0.4 is 0 Å². The second kappa shape index (κ2) is 7.32. The molecule has 138 valence electrons. The topological polar surface area (TPSA) is 20.3 Å². The van der Waals surface area contributed by atoms with Crippen LogP contribution in [0, 0.1) is 20.8 Å². The van der Waals surface area contributed by atoms with Gasteiger partial charge in [0.2, 0.25) is 0 Å². The van der Waals surface area contributed by atoms with Crippen LogP contribution in [0.1, 0.15) is 50.8 Å². The fourth-order valence-electron chi connectivity index (χ4n) is 4.13. The first-order valence-corrected chi connectivity index (χ1v) is 10.5. The molecule has 1 fully saturated rings. The summed E-state index contributed by atoms with van der Waals surface area (Å²) in [5, 5.41) is 2.01. The van der Waals surface area contributed by atoms with E-state index in [1.54, 1.807) is 11.3 Å². The maximum absolute atomic E-state index is 13.2. The maximum Gasteiger partial charge on any atom is 0.264 e. The predicted molar refractivity (Wildman–Crippen MR) is 113 cm³/mol. The normalized spacial score (nSPS) is 16.7. The second-order valence-electron chi connectivity index (χ2n) is 7.42. The summed E-state index contributed by atoms with van der Waals surface area (Å²) in [6.07, 6.45) is 2.08. The number of thiophene rings is 1. The third kappa shape index (κ3) is 3.21. The van der Waals surface area contributed by atoms with Crippen LogP contribution in [-0.2, 0) is 0 Å². The van der Waals surface area contributed by atoms with Crippen molar-refractivity contribution in [3.63, 3.8) is 0 Å². The molecule has 27 heavy (non-hydrogen) atoms. The molecule has 0 bridgehead atoms. The monoisotopic (exact) mass is 375 g/mol. The van der Waals surface area contributed by atoms with Gasteiger partial charge in [-0.15, -0.1) is 11.3 Å². The van der Waals surface area contributed by atoms with Crippen molar-refractivity contribution < 1.29 is 4.79 Å². The Hall–Kier alpha value is -2.39. The molecule has 1 atom stereocenters. The van der Waals surface area contributed by atoms with Gasteiger partial charge in [0.15, 0.2) is 0 Å². The third-order valence-corrected chi connectivity index (χ3v) is 6.79. The zero-order valence-corrected chi connectivity index (χ0v) is 17.0. The summed E-state index contributed by atoms with van der Waals surface area (Å²) in [6, 6.07) is 17.3. The van der Waals surface area contributed by atoms with Crippen molar-refractivity contribution in [3.8, 4) is 11.1 Å². The number of carbonyl (C=O) groups is 1. The number of amides is 1. The molecule has 2 nitrogen and oxygen atoms in total. The molecule has 0 unspecified atom stereocenters. The zero-order valence-electron chi connectivity index (χ0n) is 16.2. The first-order valence-electron chi connectivity index (χ1n) is 9.58. The van der Waals surface area contributed by atoms with E-state index >= 15 is 0 Å². The highest BCUT2D eigenvalue weighted by Gasteiger charge is 2.33. The molecule has 3 heteroatoms. The molecule has 3 aromatic rings. The molecule has 0 aliphatic carbocycles. The number of rotatable bonds is 3. The molecule has 4 rings (SSSR count). The van der Waals surface area contributed by atoms with Crippen molar-refractivity contribution in [1.82, 2.24) is 4.90 Å². The van der Waals surface area contributed by atoms with Crippen LogP contribution in [-0.4, -0.2) is 17.4 Å². The molecule has 0 saturated carbocycles. The summed E-state index contributed by atoms with van der Waals surface area (Å²) in [6.45, 7) is 7.21.